The van der Waals surface area contributed by atoms with Gasteiger partial charge in [-0.15, -0.1) is 6.58 Å². The summed E-state index contributed by atoms with van der Waals surface area (Å²) in [5, 5.41) is 0. The van der Waals surface area contributed by atoms with Crippen LogP contribution >= 0.6 is 0 Å². The number of hydrogen-bond donors (Lipinski definition) is 0. The van der Waals surface area contributed by atoms with Gasteiger partial charge in [-0.25, -0.2) is 21.1 Å². The number of benzene rings is 2. The molecule has 0 heterocycles. The summed E-state index contributed by atoms with van der Waals surface area (Å²) in [4.78, 5) is -0.175. The van der Waals surface area contributed by atoms with E-state index in [0.717, 1.165) is 4.31 Å². The highest BCUT2D eigenvalue weighted by atomic mass is 32.2. The molecular weight excluding hydrogens is 360 g/mol. The first-order valence-corrected chi connectivity index (χ1v) is 10.3. The quantitative estimate of drug-likeness (QED) is 0.691. The van der Waals surface area contributed by atoms with Crippen LogP contribution in [-0.4, -0.2) is 41.8 Å². The van der Waals surface area contributed by atoms with Gasteiger partial charge >= 0.3 is 0 Å². The van der Waals surface area contributed by atoms with Gasteiger partial charge in [0.2, 0.25) is 10.0 Å². The molecule has 2 aromatic rings. The third-order valence-corrected chi connectivity index (χ3v) is 7.11. The number of hydrogen-bond acceptors (Lipinski definition) is 4. The molecule has 0 N–H and O–H groups in total. The topological polar surface area (TPSA) is 74.8 Å². The van der Waals surface area contributed by atoms with E-state index in [0.29, 0.717) is 5.69 Å². The van der Waals surface area contributed by atoms with Gasteiger partial charge < -0.3 is 0 Å². The Kier molecular flexibility index (Phi) is 5.66. The summed E-state index contributed by atoms with van der Waals surface area (Å²) in [5.41, 5.74) is 0.475. The second kappa shape index (κ2) is 7.38. The van der Waals surface area contributed by atoms with E-state index in [-0.39, 0.29) is 16.3 Å². The second-order valence-electron chi connectivity index (χ2n) is 5.42. The molecule has 8 heteroatoms. The van der Waals surface area contributed by atoms with Crippen LogP contribution in [0.2, 0.25) is 0 Å². The normalized spacial score (nSPS) is 12.1. The van der Waals surface area contributed by atoms with E-state index in [1.807, 2.05) is 0 Å². The van der Waals surface area contributed by atoms with Gasteiger partial charge in [-0.2, -0.15) is 0 Å². The molecule has 0 fully saturated rings. The van der Waals surface area contributed by atoms with Crippen molar-refractivity contribution >= 4 is 25.7 Å². The van der Waals surface area contributed by atoms with Crippen LogP contribution in [0.1, 0.15) is 0 Å². The number of nitrogens with zero attached hydrogens (tertiary/aromatic N) is 2. The van der Waals surface area contributed by atoms with Crippen LogP contribution < -0.4 is 4.31 Å². The molecule has 25 heavy (non-hydrogen) atoms. The lowest BCUT2D eigenvalue weighted by molar-refractivity contribution is 0.520. The Morgan fingerprint density at radius 2 is 1.44 bits per heavy atom. The maximum Gasteiger partial charge on any atom is 0.264 e. The van der Waals surface area contributed by atoms with Crippen LogP contribution in [0.15, 0.2) is 77.0 Å². The molecule has 134 valence electrons. The molecule has 0 unspecified atom stereocenters. The molecule has 2 aromatic carbocycles. The fourth-order valence-corrected chi connectivity index (χ4v) is 4.69. The highest BCUT2D eigenvalue weighted by Crippen LogP contribution is 2.25. The van der Waals surface area contributed by atoms with Crippen LogP contribution in [-0.2, 0) is 20.0 Å². The Bertz CT molecular complexity index is 953. The molecule has 2 rings (SSSR count). The Hall–Kier alpha value is -2.16. The molecule has 6 nitrogen and oxygen atoms in total. The summed E-state index contributed by atoms with van der Waals surface area (Å²) < 4.78 is 52.9. The molecule has 0 amide bonds. The number of rotatable bonds is 7. The zero-order valence-corrected chi connectivity index (χ0v) is 15.7. The van der Waals surface area contributed by atoms with Crippen molar-refractivity contribution in [3.05, 3.63) is 67.3 Å². The molecule has 0 saturated heterocycles. The average molecular weight is 380 g/mol. The Labute approximate surface area is 149 Å². The molecule has 0 aliphatic rings. The maximum absolute atomic E-state index is 13.0. The predicted molar refractivity (Wildman–Crippen MR) is 98.5 cm³/mol. The Balaban J connectivity index is 2.57. The van der Waals surface area contributed by atoms with Gasteiger partial charge in [0.15, 0.2) is 0 Å². The van der Waals surface area contributed by atoms with E-state index in [1.54, 1.807) is 30.3 Å². The standard InChI is InChI=1S/C17H20N2O4S2/c1-4-13-19(15-9-6-5-7-10-15)25(22,23)17-12-8-11-16(14-17)24(20,21)18(2)3/h4-12,14H,1,13H2,2-3H3. The van der Waals surface area contributed by atoms with Crippen LogP contribution in [0, 0.1) is 0 Å². The first-order valence-electron chi connectivity index (χ1n) is 7.42. The SMILES string of the molecule is C=CCN(c1ccccc1)S(=O)(=O)c1cccc(S(=O)(=O)N(C)C)c1. The Morgan fingerprint density at radius 3 is 1.96 bits per heavy atom. The van der Waals surface area contributed by atoms with Gasteiger partial charge in [-0.1, -0.05) is 30.3 Å². The van der Waals surface area contributed by atoms with Crippen LogP contribution in [0.5, 0.6) is 0 Å². The van der Waals surface area contributed by atoms with Gasteiger partial charge in [0.1, 0.15) is 0 Å². The van der Waals surface area contributed by atoms with Crippen molar-refractivity contribution < 1.29 is 16.8 Å². The molecule has 0 spiro atoms. The molecule has 0 atom stereocenters. The van der Waals surface area contributed by atoms with Gasteiger partial charge in [0, 0.05) is 14.1 Å². The van der Waals surface area contributed by atoms with Crippen LogP contribution in [0.3, 0.4) is 0 Å². The predicted octanol–water partition coefficient (Wildman–Crippen LogP) is 2.32. The first kappa shape index (κ1) is 19.2. The number of para-hydroxylation sites is 1. The smallest absolute Gasteiger partial charge is 0.263 e. The zero-order chi connectivity index (χ0) is 18.7. The summed E-state index contributed by atoms with van der Waals surface area (Å²) in [7, 11) is -4.89. The van der Waals surface area contributed by atoms with Crippen LogP contribution in [0.4, 0.5) is 5.69 Å². The molecule has 0 saturated carbocycles. The number of sulfonamides is 2. The van der Waals surface area contributed by atoms with Crippen molar-refractivity contribution in [2.75, 3.05) is 24.9 Å². The highest BCUT2D eigenvalue weighted by Gasteiger charge is 2.26. The van der Waals surface area contributed by atoms with Crippen molar-refractivity contribution in [2.24, 2.45) is 0 Å². The van der Waals surface area contributed by atoms with E-state index in [9.17, 15) is 16.8 Å². The molecular formula is C17H20N2O4S2. The van der Waals surface area contributed by atoms with Gasteiger partial charge in [0.05, 0.1) is 22.0 Å². The maximum atomic E-state index is 13.0. The van der Waals surface area contributed by atoms with Gasteiger partial charge in [-0.3, -0.25) is 4.31 Å². The van der Waals surface area contributed by atoms with Gasteiger partial charge in [0.25, 0.3) is 10.0 Å². The second-order valence-corrected chi connectivity index (χ2v) is 9.44. The summed E-state index contributed by atoms with van der Waals surface area (Å²) >= 11 is 0. The lowest BCUT2D eigenvalue weighted by atomic mass is 10.3. The van der Waals surface area contributed by atoms with E-state index < -0.39 is 20.0 Å². The van der Waals surface area contributed by atoms with E-state index >= 15 is 0 Å². The summed E-state index contributed by atoms with van der Waals surface area (Å²) in [6, 6.07) is 13.9. The lowest BCUT2D eigenvalue weighted by Crippen LogP contribution is -2.31. The van der Waals surface area contributed by atoms with E-state index in [2.05, 4.69) is 6.58 Å². The van der Waals surface area contributed by atoms with Crippen molar-refractivity contribution in [3.8, 4) is 0 Å². The summed E-state index contributed by atoms with van der Waals surface area (Å²) in [6.45, 7) is 3.67. The fraction of sp³-hybridized carbons (Fsp3) is 0.176. The molecule has 0 radical (unpaired) electrons. The zero-order valence-electron chi connectivity index (χ0n) is 14.0. The average Bonchev–Trinajstić information content (AvgIpc) is 2.60. The third kappa shape index (κ3) is 3.92. The minimum Gasteiger partial charge on any atom is -0.263 e. The molecule has 0 aliphatic carbocycles. The molecule has 0 bridgehead atoms. The largest absolute Gasteiger partial charge is 0.264 e. The highest BCUT2D eigenvalue weighted by molar-refractivity contribution is 7.93. The molecule has 0 aromatic heterocycles. The minimum atomic E-state index is -3.95. The summed E-state index contributed by atoms with van der Waals surface area (Å²) in [5.74, 6) is 0. The van der Waals surface area contributed by atoms with Crippen molar-refractivity contribution in [1.82, 2.24) is 4.31 Å². The molecule has 0 aliphatic heterocycles. The first-order chi connectivity index (χ1) is 11.7. The lowest BCUT2D eigenvalue weighted by Gasteiger charge is -2.23. The minimum absolute atomic E-state index is 0.0665. The van der Waals surface area contributed by atoms with Crippen molar-refractivity contribution in [2.45, 2.75) is 9.79 Å². The monoisotopic (exact) mass is 380 g/mol. The third-order valence-electron chi connectivity index (χ3n) is 3.51. The van der Waals surface area contributed by atoms with Crippen LogP contribution in [0.25, 0.3) is 0 Å². The summed E-state index contributed by atoms with van der Waals surface area (Å²) in [6.07, 6.45) is 1.48. The van der Waals surface area contributed by atoms with E-state index in [1.165, 1.54) is 48.7 Å². The van der Waals surface area contributed by atoms with E-state index in [4.69, 9.17) is 0 Å². The van der Waals surface area contributed by atoms with Gasteiger partial charge in [-0.05, 0) is 30.3 Å². The number of anilines is 1. The Morgan fingerprint density at radius 1 is 0.880 bits per heavy atom. The fourth-order valence-electron chi connectivity index (χ4n) is 2.19. The van der Waals surface area contributed by atoms with Crippen molar-refractivity contribution in [3.63, 3.8) is 0 Å². The van der Waals surface area contributed by atoms with Crippen molar-refractivity contribution in [1.29, 1.82) is 0 Å².